The molecule has 3 aliphatic heterocycles. The molecule has 0 aromatic carbocycles. The summed E-state index contributed by atoms with van der Waals surface area (Å²) in [6.45, 7) is 6.17. The SMILES string of the molecule is Cc1ccc(N2C[C@@H]3COC[C@@H](C(=O)N4CCCO4)[C@@H]3C2)nn1. The summed E-state index contributed by atoms with van der Waals surface area (Å²) in [5, 5.41) is 9.95. The number of hydroxylamine groups is 2. The van der Waals surface area contributed by atoms with Crippen molar-refractivity contribution in [3.63, 3.8) is 0 Å². The fourth-order valence-corrected chi connectivity index (χ4v) is 3.81. The van der Waals surface area contributed by atoms with E-state index in [4.69, 9.17) is 9.57 Å². The number of carbonyl (C=O) groups is 1. The van der Waals surface area contributed by atoms with Gasteiger partial charge in [-0.05, 0) is 31.4 Å². The van der Waals surface area contributed by atoms with Crippen LogP contribution in [0.15, 0.2) is 12.1 Å². The fourth-order valence-electron chi connectivity index (χ4n) is 3.81. The minimum absolute atomic E-state index is 0.0778. The second-order valence-corrected chi connectivity index (χ2v) is 6.63. The average molecular weight is 318 g/mol. The van der Waals surface area contributed by atoms with Crippen molar-refractivity contribution in [2.24, 2.45) is 17.8 Å². The van der Waals surface area contributed by atoms with Crippen molar-refractivity contribution < 1.29 is 14.4 Å². The van der Waals surface area contributed by atoms with Crippen LogP contribution in [0.1, 0.15) is 12.1 Å². The van der Waals surface area contributed by atoms with Crippen LogP contribution < -0.4 is 4.90 Å². The molecule has 4 rings (SSSR count). The van der Waals surface area contributed by atoms with Gasteiger partial charge in [0.1, 0.15) is 0 Å². The molecule has 7 heteroatoms. The summed E-state index contributed by atoms with van der Waals surface area (Å²) >= 11 is 0. The normalized spacial score (nSPS) is 30.6. The lowest BCUT2D eigenvalue weighted by atomic mass is 9.82. The van der Waals surface area contributed by atoms with Gasteiger partial charge in [0.2, 0.25) is 0 Å². The molecule has 0 bridgehead atoms. The Morgan fingerprint density at radius 2 is 2.17 bits per heavy atom. The van der Waals surface area contributed by atoms with Crippen molar-refractivity contribution in [2.75, 3.05) is 44.4 Å². The molecule has 1 amide bonds. The van der Waals surface area contributed by atoms with Crippen LogP contribution in [0.3, 0.4) is 0 Å². The smallest absolute Gasteiger partial charge is 0.251 e. The Hall–Kier alpha value is -1.73. The van der Waals surface area contributed by atoms with Gasteiger partial charge in [-0.1, -0.05) is 0 Å². The van der Waals surface area contributed by atoms with Crippen LogP contribution in [0.25, 0.3) is 0 Å². The summed E-state index contributed by atoms with van der Waals surface area (Å²) in [5.41, 5.74) is 0.910. The Bertz CT molecular complexity index is 573. The number of hydrogen-bond donors (Lipinski definition) is 0. The molecular weight excluding hydrogens is 296 g/mol. The Morgan fingerprint density at radius 3 is 2.91 bits per heavy atom. The summed E-state index contributed by atoms with van der Waals surface area (Å²) in [6, 6.07) is 3.97. The Balaban J connectivity index is 1.49. The number of anilines is 1. The molecule has 124 valence electrons. The second kappa shape index (κ2) is 6.05. The molecule has 3 fully saturated rings. The molecular formula is C16H22N4O3. The summed E-state index contributed by atoms with van der Waals surface area (Å²) in [5.74, 6) is 1.50. The first-order chi connectivity index (χ1) is 11.2. The lowest BCUT2D eigenvalue weighted by Gasteiger charge is -2.33. The van der Waals surface area contributed by atoms with E-state index in [2.05, 4.69) is 15.1 Å². The molecule has 3 saturated heterocycles. The molecule has 0 saturated carbocycles. The van der Waals surface area contributed by atoms with Crippen LogP contribution in [-0.4, -0.2) is 60.6 Å². The zero-order valence-electron chi connectivity index (χ0n) is 13.4. The van der Waals surface area contributed by atoms with Crippen LogP contribution >= 0.6 is 0 Å². The van der Waals surface area contributed by atoms with Crippen molar-refractivity contribution in [1.82, 2.24) is 15.3 Å². The lowest BCUT2D eigenvalue weighted by molar-refractivity contribution is -0.181. The zero-order valence-corrected chi connectivity index (χ0v) is 13.4. The van der Waals surface area contributed by atoms with Gasteiger partial charge in [0, 0.05) is 19.0 Å². The Morgan fingerprint density at radius 1 is 1.26 bits per heavy atom. The molecule has 0 unspecified atom stereocenters. The van der Waals surface area contributed by atoms with Gasteiger partial charge in [0.05, 0.1) is 38.0 Å². The van der Waals surface area contributed by atoms with E-state index in [0.717, 1.165) is 31.0 Å². The number of fused-ring (bicyclic) bond motifs is 1. The van der Waals surface area contributed by atoms with Gasteiger partial charge in [0.15, 0.2) is 5.82 Å². The standard InChI is InChI=1S/C16H22N4O3/c1-11-3-4-15(18-17-11)19-7-12-9-22-10-14(13(12)8-19)16(21)20-5-2-6-23-20/h3-4,12-14H,2,5-10H2,1H3/t12-,13-,14-/m1/s1. The van der Waals surface area contributed by atoms with E-state index in [1.165, 1.54) is 5.06 Å². The highest BCUT2D eigenvalue weighted by Crippen LogP contribution is 2.37. The van der Waals surface area contributed by atoms with Crippen LogP contribution in [0, 0.1) is 24.7 Å². The average Bonchev–Trinajstić information content (AvgIpc) is 3.24. The Labute approximate surface area is 135 Å². The number of aromatic nitrogens is 2. The number of aryl methyl sites for hydroxylation is 1. The number of nitrogens with zero attached hydrogens (tertiary/aromatic N) is 4. The molecule has 1 aromatic rings. The maximum atomic E-state index is 12.7. The summed E-state index contributed by atoms with van der Waals surface area (Å²) in [6.07, 6.45) is 0.915. The largest absolute Gasteiger partial charge is 0.380 e. The summed E-state index contributed by atoms with van der Waals surface area (Å²) in [4.78, 5) is 20.4. The molecule has 7 nitrogen and oxygen atoms in total. The molecule has 4 heterocycles. The number of amides is 1. The number of rotatable bonds is 2. The molecule has 3 atom stereocenters. The molecule has 0 aliphatic carbocycles. The van der Waals surface area contributed by atoms with E-state index in [1.54, 1.807) is 0 Å². The van der Waals surface area contributed by atoms with Crippen molar-refractivity contribution >= 4 is 11.7 Å². The molecule has 0 radical (unpaired) electrons. The number of hydrogen-bond acceptors (Lipinski definition) is 6. The second-order valence-electron chi connectivity index (χ2n) is 6.63. The van der Waals surface area contributed by atoms with Crippen LogP contribution in [-0.2, 0) is 14.4 Å². The lowest BCUT2D eigenvalue weighted by Crippen LogP contribution is -2.45. The third-order valence-corrected chi connectivity index (χ3v) is 5.06. The quantitative estimate of drug-likeness (QED) is 0.797. The van der Waals surface area contributed by atoms with E-state index in [-0.39, 0.29) is 11.8 Å². The maximum absolute atomic E-state index is 12.7. The van der Waals surface area contributed by atoms with E-state index >= 15 is 0 Å². The van der Waals surface area contributed by atoms with Gasteiger partial charge < -0.3 is 9.64 Å². The monoisotopic (exact) mass is 318 g/mol. The van der Waals surface area contributed by atoms with Crippen LogP contribution in [0.2, 0.25) is 0 Å². The van der Waals surface area contributed by atoms with Crippen molar-refractivity contribution in [1.29, 1.82) is 0 Å². The van der Waals surface area contributed by atoms with E-state index in [1.807, 2.05) is 19.1 Å². The van der Waals surface area contributed by atoms with Gasteiger partial charge in [-0.3, -0.25) is 9.63 Å². The highest BCUT2D eigenvalue weighted by Gasteiger charge is 2.46. The molecule has 1 aromatic heterocycles. The van der Waals surface area contributed by atoms with Crippen molar-refractivity contribution in [2.45, 2.75) is 13.3 Å². The van der Waals surface area contributed by atoms with Crippen molar-refractivity contribution in [3.8, 4) is 0 Å². The van der Waals surface area contributed by atoms with Crippen LogP contribution in [0.5, 0.6) is 0 Å². The van der Waals surface area contributed by atoms with E-state index in [0.29, 0.717) is 38.2 Å². The maximum Gasteiger partial charge on any atom is 0.251 e. The van der Waals surface area contributed by atoms with Gasteiger partial charge >= 0.3 is 0 Å². The number of ether oxygens (including phenoxy) is 1. The first kappa shape index (κ1) is 14.8. The highest BCUT2D eigenvalue weighted by molar-refractivity contribution is 5.79. The zero-order chi connectivity index (χ0) is 15.8. The summed E-state index contributed by atoms with van der Waals surface area (Å²) in [7, 11) is 0. The predicted octanol–water partition coefficient (Wildman–Crippen LogP) is 0.648. The van der Waals surface area contributed by atoms with Crippen molar-refractivity contribution in [3.05, 3.63) is 17.8 Å². The van der Waals surface area contributed by atoms with E-state index in [9.17, 15) is 4.79 Å². The van der Waals surface area contributed by atoms with Gasteiger partial charge in [-0.25, -0.2) is 5.06 Å². The fraction of sp³-hybridized carbons (Fsp3) is 0.688. The molecule has 3 aliphatic rings. The minimum atomic E-state index is -0.116. The molecule has 0 N–H and O–H groups in total. The van der Waals surface area contributed by atoms with Gasteiger partial charge in [0.25, 0.3) is 5.91 Å². The molecule has 23 heavy (non-hydrogen) atoms. The van der Waals surface area contributed by atoms with Crippen LogP contribution in [0.4, 0.5) is 5.82 Å². The van der Waals surface area contributed by atoms with Gasteiger partial charge in [-0.2, -0.15) is 5.10 Å². The minimum Gasteiger partial charge on any atom is -0.380 e. The van der Waals surface area contributed by atoms with E-state index < -0.39 is 0 Å². The third-order valence-electron chi connectivity index (χ3n) is 5.06. The predicted molar refractivity (Wildman–Crippen MR) is 82.6 cm³/mol. The molecule has 0 spiro atoms. The number of carbonyl (C=O) groups excluding carboxylic acids is 1. The summed E-state index contributed by atoms with van der Waals surface area (Å²) < 4.78 is 5.71. The Kier molecular flexibility index (Phi) is 3.90. The van der Waals surface area contributed by atoms with Gasteiger partial charge in [-0.15, -0.1) is 5.10 Å². The third kappa shape index (κ3) is 2.79. The first-order valence-electron chi connectivity index (χ1n) is 8.29. The first-order valence-corrected chi connectivity index (χ1v) is 8.29. The highest BCUT2D eigenvalue weighted by atomic mass is 16.7. The topological polar surface area (TPSA) is 67.8 Å².